The minimum atomic E-state index is -0.313. The lowest BCUT2D eigenvalue weighted by Gasteiger charge is -2.27. The third-order valence-electron chi connectivity index (χ3n) is 6.49. The van der Waals surface area contributed by atoms with E-state index in [1.807, 2.05) is 43.5 Å². The molecule has 6 heteroatoms. The maximum atomic E-state index is 13.4. The highest BCUT2D eigenvalue weighted by Crippen LogP contribution is 2.26. The SMILES string of the molecule is Cc1ccc(CNC(=O)c2cc3c4c(cc(CN5CCOCC5)cn4c2=O)CCC3)cc1. The highest BCUT2D eigenvalue weighted by molar-refractivity contribution is 5.94. The van der Waals surface area contributed by atoms with Crippen LogP contribution in [0.5, 0.6) is 0 Å². The number of aromatic nitrogens is 1. The summed E-state index contributed by atoms with van der Waals surface area (Å²) in [6.07, 6.45) is 4.82. The number of amides is 1. The highest BCUT2D eigenvalue weighted by Gasteiger charge is 2.21. The molecule has 5 rings (SSSR count). The monoisotopic (exact) mass is 431 g/mol. The second-order valence-electron chi connectivity index (χ2n) is 8.89. The summed E-state index contributed by atoms with van der Waals surface area (Å²) in [5, 5.41) is 2.93. The van der Waals surface area contributed by atoms with E-state index in [1.165, 1.54) is 11.1 Å². The van der Waals surface area contributed by atoms with Gasteiger partial charge in [0.05, 0.1) is 18.7 Å². The Morgan fingerprint density at radius 3 is 2.50 bits per heavy atom. The maximum absolute atomic E-state index is 13.4. The molecule has 1 aromatic carbocycles. The quantitative estimate of drug-likeness (QED) is 0.675. The van der Waals surface area contributed by atoms with Gasteiger partial charge in [0.25, 0.3) is 11.5 Å². The van der Waals surface area contributed by atoms with Crippen molar-refractivity contribution < 1.29 is 9.53 Å². The molecule has 0 spiro atoms. The molecule has 2 aromatic heterocycles. The predicted octanol–water partition coefficient (Wildman–Crippen LogP) is 2.86. The van der Waals surface area contributed by atoms with Crippen molar-refractivity contribution in [3.8, 4) is 0 Å². The molecule has 0 radical (unpaired) electrons. The fourth-order valence-corrected chi connectivity index (χ4v) is 4.77. The molecule has 1 aliphatic carbocycles. The van der Waals surface area contributed by atoms with E-state index in [4.69, 9.17) is 4.74 Å². The fraction of sp³-hybridized carbons (Fsp3) is 0.385. The first-order chi connectivity index (χ1) is 15.6. The molecule has 1 N–H and O–H groups in total. The fourth-order valence-electron chi connectivity index (χ4n) is 4.77. The number of ether oxygens (including phenoxy) is 1. The Labute approximate surface area is 187 Å². The Kier molecular flexibility index (Phi) is 5.81. The number of hydrogen-bond donors (Lipinski definition) is 1. The van der Waals surface area contributed by atoms with Crippen molar-refractivity contribution in [3.05, 3.63) is 86.3 Å². The summed E-state index contributed by atoms with van der Waals surface area (Å²) < 4.78 is 7.18. The average molecular weight is 432 g/mol. The van der Waals surface area contributed by atoms with Crippen LogP contribution in [0.1, 0.15) is 44.6 Å². The van der Waals surface area contributed by atoms with Crippen LogP contribution in [0.3, 0.4) is 0 Å². The van der Waals surface area contributed by atoms with Gasteiger partial charge in [-0.15, -0.1) is 0 Å². The molecular weight excluding hydrogens is 402 g/mol. The van der Waals surface area contributed by atoms with E-state index in [0.29, 0.717) is 6.54 Å². The highest BCUT2D eigenvalue weighted by atomic mass is 16.5. The molecule has 2 aliphatic rings. The number of morpholine rings is 1. The van der Waals surface area contributed by atoms with E-state index in [0.717, 1.165) is 74.3 Å². The van der Waals surface area contributed by atoms with Crippen molar-refractivity contribution in [1.29, 1.82) is 0 Å². The molecule has 1 aliphatic heterocycles. The average Bonchev–Trinajstić information content (AvgIpc) is 2.81. The van der Waals surface area contributed by atoms with Crippen LogP contribution in [0, 0.1) is 6.92 Å². The normalized spacial score (nSPS) is 16.3. The molecule has 1 amide bonds. The van der Waals surface area contributed by atoms with Crippen LogP contribution in [-0.2, 0) is 30.7 Å². The first-order valence-corrected chi connectivity index (χ1v) is 11.4. The van der Waals surface area contributed by atoms with Crippen LogP contribution in [0.25, 0.3) is 5.52 Å². The minimum Gasteiger partial charge on any atom is -0.379 e. The van der Waals surface area contributed by atoms with Crippen molar-refractivity contribution in [3.63, 3.8) is 0 Å². The Morgan fingerprint density at radius 1 is 1.03 bits per heavy atom. The van der Waals surface area contributed by atoms with Gasteiger partial charge >= 0.3 is 0 Å². The van der Waals surface area contributed by atoms with E-state index >= 15 is 0 Å². The van der Waals surface area contributed by atoms with Crippen molar-refractivity contribution in [2.45, 2.75) is 39.3 Å². The number of hydrogen-bond acceptors (Lipinski definition) is 4. The number of nitrogens with one attached hydrogen (secondary N) is 1. The van der Waals surface area contributed by atoms with Crippen LogP contribution in [0.15, 0.2) is 47.4 Å². The van der Waals surface area contributed by atoms with Gasteiger partial charge in [0.1, 0.15) is 5.56 Å². The second-order valence-corrected chi connectivity index (χ2v) is 8.89. The van der Waals surface area contributed by atoms with Gasteiger partial charge in [-0.25, -0.2) is 0 Å². The smallest absolute Gasteiger partial charge is 0.267 e. The van der Waals surface area contributed by atoms with Crippen LogP contribution in [0.4, 0.5) is 0 Å². The van der Waals surface area contributed by atoms with Gasteiger partial charge in [-0.2, -0.15) is 0 Å². The zero-order chi connectivity index (χ0) is 22.1. The maximum Gasteiger partial charge on any atom is 0.267 e. The van der Waals surface area contributed by atoms with Gasteiger partial charge in [0.2, 0.25) is 0 Å². The van der Waals surface area contributed by atoms with Gasteiger partial charge in [-0.1, -0.05) is 35.9 Å². The van der Waals surface area contributed by atoms with Gasteiger partial charge in [0, 0.05) is 32.4 Å². The molecule has 1 saturated heterocycles. The third-order valence-corrected chi connectivity index (χ3v) is 6.49. The first-order valence-electron chi connectivity index (χ1n) is 11.4. The molecule has 166 valence electrons. The Hall–Kier alpha value is -2.96. The molecule has 0 bridgehead atoms. The second kappa shape index (κ2) is 8.88. The Morgan fingerprint density at radius 2 is 1.75 bits per heavy atom. The lowest BCUT2D eigenvalue weighted by Crippen LogP contribution is -2.36. The van der Waals surface area contributed by atoms with E-state index < -0.39 is 0 Å². The number of benzene rings is 1. The predicted molar refractivity (Wildman–Crippen MR) is 124 cm³/mol. The van der Waals surface area contributed by atoms with Crippen molar-refractivity contribution >= 4 is 11.4 Å². The summed E-state index contributed by atoms with van der Waals surface area (Å²) >= 11 is 0. The lowest BCUT2D eigenvalue weighted by atomic mass is 9.92. The Bertz CT molecular complexity index is 1210. The third kappa shape index (κ3) is 4.20. The topological polar surface area (TPSA) is 63.1 Å². The van der Waals surface area contributed by atoms with Gasteiger partial charge in [-0.05, 0) is 54.5 Å². The summed E-state index contributed by atoms with van der Waals surface area (Å²) in [5.74, 6) is -0.313. The lowest BCUT2D eigenvalue weighted by molar-refractivity contribution is 0.0341. The van der Waals surface area contributed by atoms with Crippen LogP contribution in [0.2, 0.25) is 0 Å². The van der Waals surface area contributed by atoms with E-state index in [-0.39, 0.29) is 17.0 Å². The summed E-state index contributed by atoms with van der Waals surface area (Å²) in [6.45, 7) is 6.51. The number of aryl methyl sites for hydroxylation is 3. The minimum absolute atomic E-state index is 0.223. The van der Waals surface area contributed by atoms with Crippen LogP contribution < -0.4 is 10.9 Å². The zero-order valence-electron chi connectivity index (χ0n) is 18.5. The van der Waals surface area contributed by atoms with Crippen molar-refractivity contribution in [1.82, 2.24) is 14.6 Å². The molecule has 1 fully saturated rings. The number of carbonyl (C=O) groups is 1. The van der Waals surface area contributed by atoms with Gasteiger partial charge in [0.15, 0.2) is 0 Å². The number of carbonyl (C=O) groups excluding carboxylic acids is 1. The molecule has 3 heterocycles. The van der Waals surface area contributed by atoms with Crippen molar-refractivity contribution in [2.75, 3.05) is 26.3 Å². The van der Waals surface area contributed by atoms with Crippen molar-refractivity contribution in [2.24, 2.45) is 0 Å². The van der Waals surface area contributed by atoms with Crippen LogP contribution >= 0.6 is 0 Å². The standard InChI is InChI=1S/C26H29N3O3/c1-18-5-7-19(8-6-18)15-27-25(30)23-14-22-4-2-3-21-13-20(16-28-9-11-32-12-10-28)17-29(24(21)22)26(23)31/h5-8,13-14,17H,2-4,9-12,15-16H2,1H3,(H,27,30). The van der Waals surface area contributed by atoms with Crippen LogP contribution in [-0.4, -0.2) is 41.5 Å². The molecular formula is C26H29N3O3. The molecule has 0 atom stereocenters. The number of pyridine rings is 2. The van der Waals surface area contributed by atoms with E-state index in [1.54, 1.807) is 4.40 Å². The zero-order valence-corrected chi connectivity index (χ0v) is 18.5. The van der Waals surface area contributed by atoms with Gasteiger partial charge < -0.3 is 10.1 Å². The number of nitrogens with zero attached hydrogens (tertiary/aromatic N) is 2. The molecule has 3 aromatic rings. The summed E-state index contributed by atoms with van der Waals surface area (Å²) in [6, 6.07) is 12.1. The molecule has 6 nitrogen and oxygen atoms in total. The largest absolute Gasteiger partial charge is 0.379 e. The molecule has 0 unspecified atom stereocenters. The summed E-state index contributed by atoms with van der Waals surface area (Å²) in [7, 11) is 0. The first kappa shape index (κ1) is 20.9. The number of rotatable bonds is 5. The van der Waals surface area contributed by atoms with Gasteiger partial charge in [-0.3, -0.25) is 18.9 Å². The summed E-state index contributed by atoms with van der Waals surface area (Å²) in [5.41, 5.74) is 6.57. The molecule has 32 heavy (non-hydrogen) atoms. The van der Waals surface area contributed by atoms with E-state index in [9.17, 15) is 9.59 Å². The molecule has 0 saturated carbocycles. The van der Waals surface area contributed by atoms with E-state index in [2.05, 4.69) is 16.3 Å². The Balaban J connectivity index is 1.47. The summed E-state index contributed by atoms with van der Waals surface area (Å²) in [4.78, 5) is 28.7.